The molecule has 1 nitrogen and oxygen atoms in total. The quantitative estimate of drug-likeness (QED) is 0.626. The van der Waals surface area contributed by atoms with Gasteiger partial charge in [0.2, 0.25) is 8.41 Å². The van der Waals surface area contributed by atoms with Gasteiger partial charge in [-0.3, -0.25) is 0 Å². The highest BCUT2D eigenvalue weighted by Gasteiger charge is 2.39. The van der Waals surface area contributed by atoms with Crippen LogP contribution in [0.15, 0.2) is 30.3 Å². The highest BCUT2D eigenvalue weighted by Crippen LogP contribution is 2.44. The van der Waals surface area contributed by atoms with E-state index in [0.717, 1.165) is 12.8 Å². The van der Waals surface area contributed by atoms with Crippen molar-refractivity contribution in [3.8, 4) is 0 Å². The standard InChI is InChI=1S/C14H21FOSi/c1-17(2,15)14-9-12(8-13(16)10-14)11-6-4-3-5-7-11/h3-7,12-14,16H,8-10H2,1-2H3. The van der Waals surface area contributed by atoms with Gasteiger partial charge in [0.15, 0.2) is 0 Å². The van der Waals surface area contributed by atoms with Crippen LogP contribution in [0.2, 0.25) is 18.6 Å². The van der Waals surface area contributed by atoms with Crippen LogP contribution in [0.25, 0.3) is 0 Å². The molecular formula is C14H21FOSi. The highest BCUT2D eigenvalue weighted by molar-refractivity contribution is 6.72. The second-order valence-corrected chi connectivity index (χ2v) is 9.68. The van der Waals surface area contributed by atoms with Crippen LogP contribution in [-0.2, 0) is 0 Å². The third kappa shape index (κ3) is 3.17. The van der Waals surface area contributed by atoms with E-state index < -0.39 is 8.41 Å². The molecule has 3 unspecified atom stereocenters. The van der Waals surface area contributed by atoms with Crippen molar-refractivity contribution in [2.24, 2.45) is 0 Å². The fraction of sp³-hybridized carbons (Fsp3) is 0.571. The van der Waals surface area contributed by atoms with E-state index in [1.54, 1.807) is 13.1 Å². The van der Waals surface area contributed by atoms with Crippen LogP contribution in [-0.4, -0.2) is 19.6 Å². The maximum atomic E-state index is 14.2. The first-order valence-corrected chi connectivity index (χ1v) is 9.34. The van der Waals surface area contributed by atoms with Crippen LogP contribution in [0.3, 0.4) is 0 Å². The summed E-state index contributed by atoms with van der Waals surface area (Å²) >= 11 is 0. The summed E-state index contributed by atoms with van der Waals surface area (Å²) in [7, 11) is -2.63. The lowest BCUT2D eigenvalue weighted by molar-refractivity contribution is 0.117. The van der Waals surface area contributed by atoms with Gasteiger partial charge in [0.1, 0.15) is 0 Å². The number of hydrogen-bond donors (Lipinski definition) is 1. The summed E-state index contributed by atoms with van der Waals surface area (Å²) in [5.41, 5.74) is 1.34. The zero-order valence-corrected chi connectivity index (χ0v) is 11.6. The van der Waals surface area contributed by atoms with Gasteiger partial charge in [-0.2, -0.15) is 0 Å². The van der Waals surface area contributed by atoms with Gasteiger partial charge in [-0.05, 0) is 49.4 Å². The Bertz CT molecular complexity index is 360. The van der Waals surface area contributed by atoms with Gasteiger partial charge in [0.05, 0.1) is 6.10 Å². The molecule has 1 aliphatic rings. The summed E-state index contributed by atoms with van der Waals surface area (Å²) in [6, 6.07) is 10.2. The number of rotatable bonds is 2. The lowest BCUT2D eigenvalue weighted by Crippen LogP contribution is -2.35. The molecule has 0 aliphatic heterocycles. The largest absolute Gasteiger partial charge is 0.393 e. The molecule has 0 aromatic heterocycles. The Kier molecular flexibility index (Phi) is 3.69. The molecule has 0 radical (unpaired) electrons. The summed E-state index contributed by atoms with van der Waals surface area (Å²) in [6.07, 6.45) is 2.00. The van der Waals surface area contributed by atoms with Gasteiger partial charge in [0.25, 0.3) is 0 Å². The molecule has 0 heterocycles. The summed E-state index contributed by atoms with van der Waals surface area (Å²) in [6.45, 7) is 3.52. The Labute approximate surface area is 104 Å². The van der Waals surface area contributed by atoms with Crippen molar-refractivity contribution in [1.82, 2.24) is 0 Å². The third-order valence-corrected chi connectivity index (χ3v) is 6.34. The first kappa shape index (κ1) is 12.8. The molecule has 3 atom stereocenters. The zero-order valence-electron chi connectivity index (χ0n) is 10.6. The molecule has 1 fully saturated rings. The predicted octanol–water partition coefficient (Wildman–Crippen LogP) is 3.86. The van der Waals surface area contributed by atoms with E-state index in [-0.39, 0.29) is 11.6 Å². The topological polar surface area (TPSA) is 20.2 Å². The van der Waals surface area contributed by atoms with Crippen LogP contribution >= 0.6 is 0 Å². The molecule has 1 aliphatic carbocycles. The van der Waals surface area contributed by atoms with E-state index in [0.29, 0.717) is 12.3 Å². The summed E-state index contributed by atoms with van der Waals surface area (Å²) in [5, 5.41) is 9.93. The summed E-state index contributed by atoms with van der Waals surface area (Å²) < 4.78 is 14.2. The lowest BCUT2D eigenvalue weighted by atomic mass is 9.82. The van der Waals surface area contributed by atoms with Crippen molar-refractivity contribution in [2.75, 3.05) is 0 Å². The summed E-state index contributed by atoms with van der Waals surface area (Å²) in [5.74, 6) is 0.326. The van der Waals surface area contributed by atoms with Crippen LogP contribution < -0.4 is 0 Å². The zero-order chi connectivity index (χ0) is 12.5. The number of hydrogen-bond acceptors (Lipinski definition) is 1. The van der Waals surface area contributed by atoms with E-state index >= 15 is 0 Å². The average Bonchev–Trinajstić information content (AvgIpc) is 2.28. The fourth-order valence-electron chi connectivity index (χ4n) is 2.85. The Balaban J connectivity index is 2.15. The van der Waals surface area contributed by atoms with Gasteiger partial charge in [0, 0.05) is 0 Å². The van der Waals surface area contributed by atoms with Crippen molar-refractivity contribution in [3.05, 3.63) is 35.9 Å². The number of benzene rings is 1. The Morgan fingerprint density at radius 1 is 1.12 bits per heavy atom. The van der Waals surface area contributed by atoms with Crippen molar-refractivity contribution >= 4 is 8.41 Å². The normalized spacial score (nSPS) is 30.2. The molecular weight excluding hydrogens is 231 g/mol. The molecule has 2 rings (SSSR count). The molecule has 0 amide bonds. The maximum absolute atomic E-state index is 14.2. The minimum absolute atomic E-state index is 0.0939. The second-order valence-electron chi connectivity index (χ2n) is 5.73. The second kappa shape index (κ2) is 4.90. The van der Waals surface area contributed by atoms with Crippen LogP contribution in [0.1, 0.15) is 30.7 Å². The van der Waals surface area contributed by atoms with Gasteiger partial charge < -0.3 is 9.21 Å². The molecule has 1 aromatic rings. The molecule has 0 saturated heterocycles. The minimum atomic E-state index is -2.63. The van der Waals surface area contributed by atoms with Crippen molar-refractivity contribution in [2.45, 2.75) is 49.9 Å². The van der Waals surface area contributed by atoms with E-state index in [2.05, 4.69) is 12.1 Å². The number of halogens is 1. The molecule has 0 bridgehead atoms. The first-order chi connectivity index (χ1) is 7.97. The first-order valence-electron chi connectivity index (χ1n) is 6.38. The van der Waals surface area contributed by atoms with E-state index in [4.69, 9.17) is 0 Å². The van der Waals surface area contributed by atoms with Gasteiger partial charge in [-0.1, -0.05) is 30.3 Å². The lowest BCUT2D eigenvalue weighted by Gasteiger charge is -2.36. The molecule has 1 aromatic carbocycles. The SMILES string of the molecule is C[Si](C)(F)C1CC(O)CC(c2ccccc2)C1. The molecule has 1 N–H and O–H groups in total. The van der Waals surface area contributed by atoms with Crippen LogP contribution in [0, 0.1) is 0 Å². The fourth-order valence-corrected chi connectivity index (χ4v) is 4.52. The Hall–Kier alpha value is -0.673. The van der Waals surface area contributed by atoms with Crippen LogP contribution in [0.5, 0.6) is 0 Å². The molecule has 1 saturated carbocycles. The minimum Gasteiger partial charge on any atom is -0.393 e. The van der Waals surface area contributed by atoms with E-state index in [1.807, 2.05) is 18.2 Å². The number of aliphatic hydroxyl groups excluding tert-OH is 1. The highest BCUT2D eigenvalue weighted by atomic mass is 28.4. The molecule has 17 heavy (non-hydrogen) atoms. The Morgan fingerprint density at radius 3 is 2.35 bits per heavy atom. The smallest absolute Gasteiger partial charge is 0.244 e. The van der Waals surface area contributed by atoms with Crippen molar-refractivity contribution in [3.63, 3.8) is 0 Å². The van der Waals surface area contributed by atoms with Gasteiger partial charge in [-0.15, -0.1) is 0 Å². The average molecular weight is 252 g/mol. The van der Waals surface area contributed by atoms with Crippen LogP contribution in [0.4, 0.5) is 4.11 Å². The molecule has 94 valence electrons. The predicted molar refractivity (Wildman–Crippen MR) is 71.4 cm³/mol. The van der Waals surface area contributed by atoms with E-state index in [9.17, 15) is 9.21 Å². The maximum Gasteiger partial charge on any atom is 0.244 e. The number of aliphatic hydroxyl groups is 1. The van der Waals surface area contributed by atoms with Gasteiger partial charge in [-0.25, -0.2) is 0 Å². The summed E-state index contributed by atoms with van der Waals surface area (Å²) in [4.78, 5) is 0. The molecule has 0 spiro atoms. The van der Waals surface area contributed by atoms with Crippen molar-refractivity contribution in [1.29, 1.82) is 0 Å². The third-order valence-electron chi connectivity index (χ3n) is 3.92. The monoisotopic (exact) mass is 252 g/mol. The molecule has 3 heteroatoms. The Morgan fingerprint density at radius 2 is 1.76 bits per heavy atom. The van der Waals surface area contributed by atoms with Gasteiger partial charge >= 0.3 is 0 Å². The van der Waals surface area contributed by atoms with Crippen molar-refractivity contribution < 1.29 is 9.21 Å². The van der Waals surface area contributed by atoms with E-state index in [1.165, 1.54) is 5.56 Å².